The molecule has 0 saturated carbocycles. The fourth-order valence-corrected chi connectivity index (χ4v) is 5.13. The van der Waals surface area contributed by atoms with Crippen molar-refractivity contribution in [1.82, 2.24) is 29.9 Å². The van der Waals surface area contributed by atoms with Crippen LogP contribution in [0.25, 0.3) is 45.6 Å². The van der Waals surface area contributed by atoms with Gasteiger partial charge < -0.3 is 0 Å². The Hall–Kier alpha value is -5.10. The first-order valence-corrected chi connectivity index (χ1v) is 16.2. The van der Waals surface area contributed by atoms with Crippen molar-refractivity contribution in [2.24, 2.45) is 0 Å². The highest BCUT2D eigenvalue weighted by atomic mass is 14.8. The molecular formula is C40H42N6. The van der Waals surface area contributed by atoms with Gasteiger partial charge in [-0.15, -0.1) is 0 Å². The third-order valence-electron chi connectivity index (χ3n) is 7.93. The van der Waals surface area contributed by atoms with E-state index >= 15 is 0 Å². The van der Waals surface area contributed by atoms with Crippen LogP contribution >= 0.6 is 0 Å². The summed E-state index contributed by atoms with van der Waals surface area (Å²) in [7, 11) is 0. The lowest BCUT2D eigenvalue weighted by molar-refractivity contribution is 1.09. The molecule has 0 unspecified atom stereocenters. The molecule has 0 bridgehead atoms. The number of hydrogen-bond donors (Lipinski definition) is 0. The van der Waals surface area contributed by atoms with Crippen molar-refractivity contribution >= 4 is 0 Å². The summed E-state index contributed by atoms with van der Waals surface area (Å²) >= 11 is 0. The summed E-state index contributed by atoms with van der Waals surface area (Å²) in [5.41, 5.74) is 14.7. The number of pyridine rings is 6. The summed E-state index contributed by atoms with van der Waals surface area (Å²) in [6.07, 6.45) is 11.3. The van der Waals surface area contributed by atoms with Crippen LogP contribution in [0.5, 0.6) is 0 Å². The molecule has 232 valence electrons. The molecule has 6 aromatic rings. The standard InChI is InChI=1S/C21H23N3.C19H19N3/c1-4-15-7-9-22-18(11-15)20-13-17(6-3)14-21(24-20)19-12-16(5-2)8-10-23-19;1-4-15-11-18(16-9-13(2)5-7-20-16)22-19(12-15)17-10-14(3)6-8-21-17/h7-14H,4-6H2,1-3H3;5-12H,4H2,1-3H3. The van der Waals surface area contributed by atoms with Gasteiger partial charge in [0.25, 0.3) is 0 Å². The highest BCUT2D eigenvalue weighted by Crippen LogP contribution is 2.25. The average Bonchev–Trinajstić information content (AvgIpc) is 3.11. The molecule has 0 aliphatic rings. The van der Waals surface area contributed by atoms with Crippen LogP contribution in [0, 0.1) is 13.8 Å². The average molecular weight is 607 g/mol. The Labute approximate surface area is 273 Å². The van der Waals surface area contributed by atoms with E-state index in [0.29, 0.717) is 0 Å². The first-order chi connectivity index (χ1) is 22.4. The largest absolute Gasteiger partial charge is 0.255 e. The fourth-order valence-electron chi connectivity index (χ4n) is 5.13. The highest BCUT2D eigenvalue weighted by Gasteiger charge is 2.11. The maximum Gasteiger partial charge on any atom is 0.0897 e. The van der Waals surface area contributed by atoms with Gasteiger partial charge in [-0.3, -0.25) is 19.9 Å². The summed E-state index contributed by atoms with van der Waals surface area (Å²) < 4.78 is 0. The third kappa shape index (κ3) is 8.13. The van der Waals surface area contributed by atoms with Gasteiger partial charge in [0.2, 0.25) is 0 Å². The van der Waals surface area contributed by atoms with E-state index in [1.807, 2.05) is 36.9 Å². The second kappa shape index (κ2) is 15.3. The van der Waals surface area contributed by atoms with E-state index in [4.69, 9.17) is 9.97 Å². The molecule has 0 saturated heterocycles. The summed E-state index contributed by atoms with van der Waals surface area (Å²) in [6.45, 7) is 12.8. The Morgan fingerprint density at radius 3 is 0.935 bits per heavy atom. The summed E-state index contributed by atoms with van der Waals surface area (Å²) in [5, 5.41) is 0. The number of hydrogen-bond acceptors (Lipinski definition) is 6. The van der Waals surface area contributed by atoms with E-state index < -0.39 is 0 Å². The Balaban J connectivity index is 0.000000182. The van der Waals surface area contributed by atoms with Crippen molar-refractivity contribution in [1.29, 1.82) is 0 Å². The molecule has 46 heavy (non-hydrogen) atoms. The van der Waals surface area contributed by atoms with Crippen molar-refractivity contribution < 1.29 is 0 Å². The van der Waals surface area contributed by atoms with Crippen LogP contribution in [0.4, 0.5) is 0 Å². The number of rotatable bonds is 8. The van der Waals surface area contributed by atoms with E-state index in [-0.39, 0.29) is 0 Å². The lowest BCUT2D eigenvalue weighted by atomic mass is 10.1. The number of aryl methyl sites for hydroxylation is 6. The molecule has 0 radical (unpaired) electrons. The zero-order valence-corrected chi connectivity index (χ0v) is 27.7. The van der Waals surface area contributed by atoms with Crippen molar-refractivity contribution in [3.05, 3.63) is 131 Å². The van der Waals surface area contributed by atoms with Crippen LogP contribution in [0.2, 0.25) is 0 Å². The molecule has 6 nitrogen and oxygen atoms in total. The quantitative estimate of drug-likeness (QED) is 0.172. The first-order valence-electron chi connectivity index (χ1n) is 16.2. The predicted octanol–water partition coefficient (Wildman–Crippen LogP) is 9.28. The summed E-state index contributed by atoms with van der Waals surface area (Å²) in [5.74, 6) is 0. The van der Waals surface area contributed by atoms with E-state index in [9.17, 15) is 0 Å². The minimum atomic E-state index is 0.904. The lowest BCUT2D eigenvalue weighted by Crippen LogP contribution is -1.96. The van der Waals surface area contributed by atoms with Gasteiger partial charge >= 0.3 is 0 Å². The minimum Gasteiger partial charge on any atom is -0.255 e. The fraction of sp³-hybridized carbons (Fsp3) is 0.250. The monoisotopic (exact) mass is 606 g/mol. The zero-order valence-electron chi connectivity index (χ0n) is 27.7. The molecule has 0 aliphatic carbocycles. The van der Waals surface area contributed by atoms with Crippen LogP contribution in [0.15, 0.2) is 97.6 Å². The van der Waals surface area contributed by atoms with Gasteiger partial charge in [-0.2, -0.15) is 0 Å². The van der Waals surface area contributed by atoms with Gasteiger partial charge in [-0.05, 0) is 146 Å². The molecule has 6 heteroatoms. The number of nitrogens with zero attached hydrogens (tertiary/aromatic N) is 6. The van der Waals surface area contributed by atoms with Gasteiger partial charge in [-0.25, -0.2) is 9.97 Å². The molecule has 0 N–H and O–H groups in total. The lowest BCUT2D eigenvalue weighted by Gasteiger charge is -2.09. The highest BCUT2D eigenvalue weighted by molar-refractivity contribution is 5.65. The maximum atomic E-state index is 4.85. The van der Waals surface area contributed by atoms with Crippen molar-refractivity contribution in [3.63, 3.8) is 0 Å². The van der Waals surface area contributed by atoms with Gasteiger partial charge in [0.15, 0.2) is 0 Å². The van der Waals surface area contributed by atoms with Crippen molar-refractivity contribution in [3.8, 4) is 45.6 Å². The molecular weight excluding hydrogens is 564 g/mol. The topological polar surface area (TPSA) is 77.3 Å². The molecule has 0 spiro atoms. The summed E-state index contributed by atoms with van der Waals surface area (Å²) in [4.78, 5) is 27.6. The van der Waals surface area contributed by atoms with Crippen LogP contribution in [0.1, 0.15) is 61.1 Å². The molecule has 0 fully saturated rings. The Morgan fingerprint density at radius 1 is 0.348 bits per heavy atom. The van der Waals surface area contributed by atoms with Gasteiger partial charge in [0.05, 0.1) is 45.6 Å². The normalized spacial score (nSPS) is 10.7. The minimum absolute atomic E-state index is 0.904. The van der Waals surface area contributed by atoms with Crippen LogP contribution in [-0.2, 0) is 25.7 Å². The number of aromatic nitrogens is 6. The van der Waals surface area contributed by atoms with E-state index in [1.165, 1.54) is 33.4 Å². The van der Waals surface area contributed by atoms with Crippen LogP contribution < -0.4 is 0 Å². The SMILES string of the molecule is CCc1cc(-c2cc(C)ccn2)nc(-c2cc(C)ccn2)c1.CCc1ccnc(-c2cc(CC)cc(-c3cc(CC)ccn3)n2)c1. The van der Waals surface area contributed by atoms with E-state index in [1.54, 1.807) is 0 Å². The van der Waals surface area contributed by atoms with Gasteiger partial charge in [-0.1, -0.05) is 27.7 Å². The molecule has 6 heterocycles. The van der Waals surface area contributed by atoms with E-state index in [2.05, 4.69) is 122 Å². The predicted molar refractivity (Wildman–Crippen MR) is 188 cm³/mol. The second-order valence-electron chi connectivity index (χ2n) is 11.4. The van der Waals surface area contributed by atoms with Crippen molar-refractivity contribution in [2.45, 2.75) is 67.2 Å². The van der Waals surface area contributed by atoms with Crippen molar-refractivity contribution in [2.75, 3.05) is 0 Å². The van der Waals surface area contributed by atoms with Crippen LogP contribution in [-0.4, -0.2) is 29.9 Å². The van der Waals surface area contributed by atoms with Gasteiger partial charge in [0.1, 0.15) is 0 Å². The Kier molecular flexibility index (Phi) is 10.7. The smallest absolute Gasteiger partial charge is 0.0897 e. The molecule has 6 aromatic heterocycles. The van der Waals surface area contributed by atoms with Gasteiger partial charge in [0, 0.05) is 24.8 Å². The molecule has 0 aliphatic heterocycles. The molecule has 0 amide bonds. The zero-order chi connectivity index (χ0) is 32.5. The Morgan fingerprint density at radius 2 is 0.630 bits per heavy atom. The third-order valence-corrected chi connectivity index (χ3v) is 7.93. The molecule has 0 aromatic carbocycles. The molecule has 6 rings (SSSR count). The first kappa shape index (κ1) is 32.3. The molecule has 0 atom stereocenters. The maximum absolute atomic E-state index is 4.85. The second-order valence-corrected chi connectivity index (χ2v) is 11.4. The van der Waals surface area contributed by atoms with E-state index in [0.717, 1.165) is 71.2 Å². The summed E-state index contributed by atoms with van der Waals surface area (Å²) in [6, 6.07) is 25.0. The van der Waals surface area contributed by atoms with Crippen LogP contribution in [0.3, 0.4) is 0 Å². The Bertz CT molecular complexity index is 1800.